The zero-order valence-corrected chi connectivity index (χ0v) is 12.2. The van der Waals surface area contributed by atoms with Crippen LogP contribution in [0.3, 0.4) is 0 Å². The van der Waals surface area contributed by atoms with Crippen molar-refractivity contribution in [3.05, 3.63) is 29.3 Å². The van der Waals surface area contributed by atoms with E-state index in [4.69, 9.17) is 0 Å². The molecular formula is C15H21N3O2. The van der Waals surface area contributed by atoms with E-state index in [2.05, 4.69) is 10.6 Å². The average molecular weight is 275 g/mol. The molecule has 0 bridgehead atoms. The molecule has 1 heterocycles. The molecule has 0 saturated carbocycles. The maximum Gasteiger partial charge on any atom is 0.319 e. The fourth-order valence-electron chi connectivity index (χ4n) is 2.33. The number of urea groups is 1. The van der Waals surface area contributed by atoms with Crippen LogP contribution in [0.25, 0.3) is 0 Å². The minimum Gasteiger partial charge on any atom is -0.338 e. The van der Waals surface area contributed by atoms with Crippen LogP contribution >= 0.6 is 0 Å². The molecule has 0 spiro atoms. The maximum atomic E-state index is 11.7. The van der Waals surface area contributed by atoms with Crippen LogP contribution in [0.1, 0.15) is 31.9 Å². The van der Waals surface area contributed by atoms with E-state index in [9.17, 15) is 9.59 Å². The fourth-order valence-corrected chi connectivity index (χ4v) is 2.33. The number of carbonyl (C=O) groups is 2. The lowest BCUT2D eigenvalue weighted by Gasteiger charge is -2.28. The molecule has 0 aliphatic carbocycles. The van der Waals surface area contributed by atoms with Crippen LogP contribution in [-0.4, -0.2) is 29.4 Å². The second-order valence-corrected chi connectivity index (χ2v) is 5.43. The highest BCUT2D eigenvalue weighted by Gasteiger charge is 2.18. The lowest BCUT2D eigenvalue weighted by atomic mass is 9.99. The lowest BCUT2D eigenvalue weighted by Crippen LogP contribution is -2.35. The second-order valence-electron chi connectivity index (χ2n) is 5.43. The van der Waals surface area contributed by atoms with Crippen molar-refractivity contribution in [2.24, 2.45) is 0 Å². The molecule has 2 N–H and O–H groups in total. The van der Waals surface area contributed by atoms with Crippen molar-refractivity contribution in [3.63, 3.8) is 0 Å². The number of nitrogens with zero attached hydrogens (tertiary/aromatic N) is 1. The van der Waals surface area contributed by atoms with Crippen molar-refractivity contribution in [2.45, 2.75) is 39.8 Å². The molecule has 0 radical (unpaired) electrons. The van der Waals surface area contributed by atoms with Gasteiger partial charge in [-0.3, -0.25) is 4.79 Å². The molecule has 1 aromatic rings. The number of hydrogen-bond acceptors (Lipinski definition) is 2. The van der Waals surface area contributed by atoms with E-state index in [1.54, 1.807) is 6.92 Å². The number of benzene rings is 1. The van der Waals surface area contributed by atoms with Crippen molar-refractivity contribution < 1.29 is 9.59 Å². The van der Waals surface area contributed by atoms with Gasteiger partial charge >= 0.3 is 6.03 Å². The molecule has 5 nitrogen and oxygen atoms in total. The smallest absolute Gasteiger partial charge is 0.319 e. The molecule has 5 heteroatoms. The summed E-state index contributed by atoms with van der Waals surface area (Å²) in [6.07, 6.45) is 0.868. The van der Waals surface area contributed by atoms with E-state index in [0.29, 0.717) is 6.54 Å². The SMILES string of the molecule is CC(=O)N1CCc2ccc(NC(=O)NC(C)C)cc2C1. The Balaban J connectivity index is 2.09. The van der Waals surface area contributed by atoms with Gasteiger partial charge in [-0.25, -0.2) is 4.79 Å². The molecular weight excluding hydrogens is 254 g/mol. The molecule has 2 rings (SSSR count). The third-order valence-electron chi connectivity index (χ3n) is 3.34. The van der Waals surface area contributed by atoms with Gasteiger partial charge in [-0.05, 0) is 43.5 Å². The van der Waals surface area contributed by atoms with Gasteiger partial charge in [-0.15, -0.1) is 0 Å². The molecule has 0 aromatic heterocycles. The van der Waals surface area contributed by atoms with Crippen LogP contribution in [0.15, 0.2) is 18.2 Å². The Hall–Kier alpha value is -2.04. The fraction of sp³-hybridized carbons (Fsp3) is 0.467. The molecule has 3 amide bonds. The molecule has 0 atom stereocenters. The van der Waals surface area contributed by atoms with Crippen LogP contribution in [0.5, 0.6) is 0 Å². The minimum atomic E-state index is -0.209. The van der Waals surface area contributed by atoms with E-state index in [0.717, 1.165) is 24.2 Å². The molecule has 0 fully saturated rings. The first-order chi connectivity index (χ1) is 9.45. The zero-order chi connectivity index (χ0) is 14.7. The predicted octanol–water partition coefficient (Wildman–Crippen LogP) is 2.12. The highest BCUT2D eigenvalue weighted by molar-refractivity contribution is 5.89. The van der Waals surface area contributed by atoms with Gasteiger partial charge in [0, 0.05) is 31.7 Å². The van der Waals surface area contributed by atoms with E-state index in [1.165, 1.54) is 5.56 Å². The Morgan fingerprint density at radius 1 is 1.25 bits per heavy atom. The van der Waals surface area contributed by atoms with Gasteiger partial charge in [0.1, 0.15) is 0 Å². The van der Waals surface area contributed by atoms with Crippen molar-refractivity contribution in [1.82, 2.24) is 10.2 Å². The monoisotopic (exact) mass is 275 g/mol. The molecule has 0 unspecified atom stereocenters. The van der Waals surface area contributed by atoms with Gasteiger partial charge < -0.3 is 15.5 Å². The van der Waals surface area contributed by atoms with Crippen molar-refractivity contribution in [2.75, 3.05) is 11.9 Å². The normalized spacial score (nSPS) is 13.9. The molecule has 0 saturated heterocycles. The Bertz CT molecular complexity index is 526. The number of fused-ring (bicyclic) bond motifs is 1. The lowest BCUT2D eigenvalue weighted by molar-refractivity contribution is -0.129. The largest absolute Gasteiger partial charge is 0.338 e. The summed E-state index contributed by atoms with van der Waals surface area (Å²) < 4.78 is 0. The Morgan fingerprint density at radius 2 is 2.00 bits per heavy atom. The van der Waals surface area contributed by atoms with Gasteiger partial charge in [-0.1, -0.05) is 6.07 Å². The summed E-state index contributed by atoms with van der Waals surface area (Å²) in [5.41, 5.74) is 3.11. The number of nitrogens with one attached hydrogen (secondary N) is 2. The van der Waals surface area contributed by atoms with E-state index >= 15 is 0 Å². The Kier molecular flexibility index (Phi) is 4.27. The number of hydrogen-bond donors (Lipinski definition) is 2. The summed E-state index contributed by atoms with van der Waals surface area (Å²) in [6, 6.07) is 5.77. The Labute approximate surface area is 119 Å². The molecule has 20 heavy (non-hydrogen) atoms. The zero-order valence-electron chi connectivity index (χ0n) is 12.2. The first-order valence-corrected chi connectivity index (χ1v) is 6.90. The minimum absolute atomic E-state index is 0.0894. The van der Waals surface area contributed by atoms with Crippen LogP contribution in [0.4, 0.5) is 10.5 Å². The molecule has 108 valence electrons. The number of rotatable bonds is 2. The number of amides is 3. The van der Waals surface area contributed by atoms with Crippen LogP contribution in [-0.2, 0) is 17.8 Å². The van der Waals surface area contributed by atoms with Crippen LogP contribution in [0, 0.1) is 0 Å². The van der Waals surface area contributed by atoms with Gasteiger partial charge in [0.25, 0.3) is 0 Å². The van der Waals surface area contributed by atoms with Crippen LogP contribution in [0.2, 0.25) is 0 Å². The summed E-state index contributed by atoms with van der Waals surface area (Å²) in [4.78, 5) is 24.9. The van der Waals surface area contributed by atoms with Crippen molar-refractivity contribution in [1.29, 1.82) is 0 Å². The van der Waals surface area contributed by atoms with E-state index in [1.807, 2.05) is 36.9 Å². The van der Waals surface area contributed by atoms with Gasteiger partial charge in [0.2, 0.25) is 5.91 Å². The average Bonchev–Trinajstić information content (AvgIpc) is 2.36. The Morgan fingerprint density at radius 3 is 2.65 bits per heavy atom. The van der Waals surface area contributed by atoms with Crippen molar-refractivity contribution >= 4 is 17.6 Å². The van der Waals surface area contributed by atoms with Crippen molar-refractivity contribution in [3.8, 4) is 0 Å². The third-order valence-corrected chi connectivity index (χ3v) is 3.34. The van der Waals surface area contributed by atoms with E-state index < -0.39 is 0 Å². The summed E-state index contributed by atoms with van der Waals surface area (Å²) in [5.74, 6) is 0.0894. The maximum absolute atomic E-state index is 11.7. The van der Waals surface area contributed by atoms with Gasteiger partial charge in [-0.2, -0.15) is 0 Å². The predicted molar refractivity (Wildman–Crippen MR) is 78.5 cm³/mol. The molecule has 1 aromatic carbocycles. The topological polar surface area (TPSA) is 61.4 Å². The van der Waals surface area contributed by atoms with Gasteiger partial charge in [0.15, 0.2) is 0 Å². The molecule has 1 aliphatic heterocycles. The van der Waals surface area contributed by atoms with E-state index in [-0.39, 0.29) is 18.0 Å². The second kappa shape index (κ2) is 5.94. The molecule has 1 aliphatic rings. The summed E-state index contributed by atoms with van der Waals surface area (Å²) >= 11 is 0. The van der Waals surface area contributed by atoms with Gasteiger partial charge in [0.05, 0.1) is 0 Å². The first-order valence-electron chi connectivity index (χ1n) is 6.90. The third kappa shape index (κ3) is 3.50. The van der Waals surface area contributed by atoms with Crippen LogP contribution < -0.4 is 10.6 Å². The quantitative estimate of drug-likeness (QED) is 0.868. The number of anilines is 1. The summed E-state index contributed by atoms with van der Waals surface area (Å²) in [5, 5.41) is 5.60. The summed E-state index contributed by atoms with van der Waals surface area (Å²) in [7, 11) is 0. The highest BCUT2D eigenvalue weighted by Crippen LogP contribution is 2.22. The summed E-state index contributed by atoms with van der Waals surface area (Å²) in [6.45, 7) is 6.80. The number of carbonyl (C=O) groups excluding carboxylic acids is 2. The highest BCUT2D eigenvalue weighted by atomic mass is 16.2. The standard InChI is InChI=1S/C15H21N3O2/c1-10(2)16-15(20)17-14-5-4-12-6-7-18(11(3)19)9-13(12)8-14/h4-5,8,10H,6-7,9H2,1-3H3,(H2,16,17,20). The first kappa shape index (κ1) is 14.4.